The molecule has 1 aliphatic carbocycles. The molecule has 73 heavy (non-hydrogen) atoms. The van der Waals surface area contributed by atoms with E-state index in [0.717, 1.165) is 55.0 Å². The van der Waals surface area contributed by atoms with Gasteiger partial charge in [0, 0.05) is 93.6 Å². The maximum absolute atomic E-state index is 16.8. The Hall–Kier alpha value is -5.80. The van der Waals surface area contributed by atoms with Crippen molar-refractivity contribution in [2.75, 3.05) is 54.5 Å². The second kappa shape index (κ2) is 20.8. The van der Waals surface area contributed by atoms with Gasteiger partial charge in [0.05, 0.1) is 23.5 Å². The van der Waals surface area contributed by atoms with Crippen LogP contribution in [0.4, 0.5) is 4.39 Å². The Morgan fingerprint density at radius 2 is 1.74 bits per heavy atom. The first-order chi connectivity index (χ1) is 34.5. The average molecular weight is 1020 g/mol. The molecule has 2 fully saturated rings. The molecular formula is C56H71FN8O7S. The molecule has 0 spiro atoms. The molecule has 0 radical (unpaired) electrons. The number of carbonyl (C=O) groups is 5. The van der Waals surface area contributed by atoms with Crippen molar-refractivity contribution in [3.05, 3.63) is 77.6 Å². The van der Waals surface area contributed by atoms with Crippen molar-refractivity contribution in [3.8, 4) is 34.2 Å². The molecule has 2 unspecified atom stereocenters. The van der Waals surface area contributed by atoms with E-state index in [1.165, 1.54) is 21.4 Å². The summed E-state index contributed by atoms with van der Waals surface area (Å²) < 4.78 is 33.1. The van der Waals surface area contributed by atoms with Gasteiger partial charge in [0.15, 0.2) is 5.67 Å². The minimum absolute atomic E-state index is 0.0207. The van der Waals surface area contributed by atoms with Gasteiger partial charge in [-0.1, -0.05) is 76.8 Å². The van der Waals surface area contributed by atoms with E-state index in [9.17, 15) is 19.2 Å². The summed E-state index contributed by atoms with van der Waals surface area (Å²) in [6.07, 6.45) is 1.65. The number of benzene rings is 2. The predicted octanol–water partition coefficient (Wildman–Crippen LogP) is 7.00. The number of aryl methyl sites for hydroxylation is 1. The average Bonchev–Trinajstić information content (AvgIpc) is 3.69. The van der Waals surface area contributed by atoms with Gasteiger partial charge in [0.1, 0.15) is 24.2 Å². The zero-order chi connectivity index (χ0) is 52.9. The number of methoxy groups -OCH3 is 1. The fourth-order valence-electron chi connectivity index (χ4n) is 11.2. The number of alkyl halides is 1. The van der Waals surface area contributed by atoms with Crippen LogP contribution in [0.3, 0.4) is 0 Å². The van der Waals surface area contributed by atoms with Gasteiger partial charge in [-0.25, -0.2) is 4.39 Å². The number of nitrogens with one attached hydrogen (secondary N) is 1. The minimum Gasteiger partial charge on any atom is -0.464 e. The van der Waals surface area contributed by atoms with Crippen LogP contribution in [0.25, 0.3) is 33.3 Å². The molecule has 5 atom stereocenters. The van der Waals surface area contributed by atoms with Crippen LogP contribution in [0.2, 0.25) is 0 Å². The quantitative estimate of drug-likeness (QED) is 0.107. The first-order valence-electron chi connectivity index (χ1n) is 25.5. The van der Waals surface area contributed by atoms with E-state index in [4.69, 9.17) is 27.3 Å². The van der Waals surface area contributed by atoms with E-state index in [-0.39, 0.29) is 51.4 Å². The molecule has 390 valence electrons. The highest BCUT2D eigenvalue weighted by molar-refractivity contribution is 7.77. The number of esters is 1. The Bertz CT molecular complexity index is 2860. The lowest BCUT2D eigenvalue weighted by molar-refractivity contribution is -0.165. The number of carbonyl (C=O) groups excluding carboxylic acids is 5. The lowest BCUT2D eigenvalue weighted by Gasteiger charge is -2.43. The van der Waals surface area contributed by atoms with Gasteiger partial charge in [-0.15, -0.1) is 0 Å². The van der Waals surface area contributed by atoms with Crippen molar-refractivity contribution in [1.29, 1.82) is 0 Å². The van der Waals surface area contributed by atoms with E-state index in [0.29, 0.717) is 19.4 Å². The molecule has 4 aromatic rings. The van der Waals surface area contributed by atoms with Crippen molar-refractivity contribution in [2.45, 2.75) is 128 Å². The smallest absolute Gasteiger partial charge is 0.326 e. The van der Waals surface area contributed by atoms with Crippen LogP contribution >= 0.6 is 12.8 Å². The van der Waals surface area contributed by atoms with Gasteiger partial charge in [-0.2, -0.15) is 4.41 Å². The molecule has 3 aliphatic heterocycles. The highest BCUT2D eigenvalue weighted by atomic mass is 32.1. The summed E-state index contributed by atoms with van der Waals surface area (Å²) in [7, 11) is 6.83. The number of likely N-dealkylation sites (N-methyl/N-ethyl adjacent to an activating group) is 1. The summed E-state index contributed by atoms with van der Waals surface area (Å²) in [6, 6.07) is 15.0. The summed E-state index contributed by atoms with van der Waals surface area (Å²) >= 11 is 4.79. The predicted molar refractivity (Wildman–Crippen MR) is 281 cm³/mol. The number of hydrazine groups is 1. The summed E-state index contributed by atoms with van der Waals surface area (Å²) in [6.45, 7) is 14.5. The van der Waals surface area contributed by atoms with Crippen LogP contribution in [-0.4, -0.2) is 147 Å². The standard InChI is InChI=1S/C56H71FN8O7S/c1-12-63-41-21-20-37-32-39(41)44-45(49(71-11)46-38(48(44)63)18-14-26-58-46)54(4,5)33-72-52(69)42-19-15-27-64(65(42)73)51(68)40(31-35-16-13-17-36(37)30-35)59-50(67)47(34(2)3)61(10)53(70)56(57)24-28-62(29-25-56)43(66)22-23-55(6,7)60(8)9/h13-14,16-18,20-21,26,30,32,34,40,42,45,47,49,73H,12,15,19,24-25,27-29,31,33H2,1-11H3,(H,59,67)/t40?,42-,45?,47-,49-/m0/s1. The molecule has 8 rings (SSSR count). The van der Waals surface area contributed by atoms with Crippen LogP contribution < -0.4 is 5.32 Å². The summed E-state index contributed by atoms with van der Waals surface area (Å²) in [5, 5.41) is 5.40. The number of nitrogens with zero attached hydrogens (tertiary/aromatic N) is 7. The Labute approximate surface area is 434 Å². The van der Waals surface area contributed by atoms with E-state index in [1.54, 1.807) is 27.2 Å². The van der Waals surface area contributed by atoms with Gasteiger partial charge in [-0.05, 0) is 106 Å². The topological polar surface area (TPSA) is 150 Å². The molecule has 2 aromatic heterocycles. The molecule has 5 heterocycles. The van der Waals surface area contributed by atoms with Crippen LogP contribution in [0.15, 0.2) is 60.8 Å². The molecule has 2 aromatic carbocycles. The summed E-state index contributed by atoms with van der Waals surface area (Å²) in [5.41, 5.74) is 3.96. The first-order valence-corrected chi connectivity index (χ1v) is 25.9. The number of hydrogen-bond acceptors (Lipinski definition) is 11. The molecule has 4 amide bonds. The van der Waals surface area contributed by atoms with Gasteiger partial charge < -0.3 is 29.2 Å². The number of ether oxygens (including phenoxy) is 2. The van der Waals surface area contributed by atoms with Crippen molar-refractivity contribution >= 4 is 53.3 Å². The molecule has 15 nitrogen and oxygen atoms in total. The number of halogens is 1. The lowest BCUT2D eigenvalue weighted by atomic mass is 9.67. The van der Waals surface area contributed by atoms with Gasteiger partial charge >= 0.3 is 5.97 Å². The number of likely N-dealkylation sites (tertiary alicyclic amines) is 1. The first kappa shape index (κ1) is 53.5. The third-order valence-corrected chi connectivity index (χ3v) is 16.2. The zero-order valence-corrected chi connectivity index (χ0v) is 45.0. The van der Waals surface area contributed by atoms with E-state index in [1.807, 2.05) is 63.2 Å². The second-order valence-corrected chi connectivity index (χ2v) is 22.3. The highest BCUT2D eigenvalue weighted by Gasteiger charge is 2.50. The maximum Gasteiger partial charge on any atom is 0.326 e. The van der Waals surface area contributed by atoms with Crippen molar-refractivity contribution < 1.29 is 37.8 Å². The monoisotopic (exact) mass is 1020 g/mol. The number of amides is 4. The second-order valence-electron chi connectivity index (χ2n) is 21.9. The molecule has 4 aliphatic rings. The Morgan fingerprint density at radius 1 is 1.03 bits per heavy atom. The molecular weight excluding hydrogens is 948 g/mol. The van der Waals surface area contributed by atoms with Crippen molar-refractivity contribution in [2.24, 2.45) is 11.3 Å². The fraction of sp³-hybridized carbons (Fsp3) is 0.536. The van der Waals surface area contributed by atoms with Crippen LogP contribution in [0.1, 0.15) is 103 Å². The largest absolute Gasteiger partial charge is 0.464 e. The fourth-order valence-corrected chi connectivity index (χ4v) is 11.6. The maximum atomic E-state index is 16.8. The van der Waals surface area contributed by atoms with Gasteiger partial charge in [0.25, 0.3) is 17.7 Å². The number of pyridine rings is 1. The number of thiol groups is 1. The number of aromatic nitrogens is 2. The Morgan fingerprint density at radius 3 is 2.41 bits per heavy atom. The molecule has 1 N–H and O–H groups in total. The third-order valence-electron chi connectivity index (χ3n) is 15.8. The van der Waals surface area contributed by atoms with E-state index < -0.39 is 76.4 Å². The number of piperidine rings is 1. The normalized spacial score (nSPS) is 22.5. The Kier molecular flexibility index (Phi) is 15.3. The number of fused-ring (bicyclic) bond motifs is 8. The Balaban J connectivity index is 1.14. The zero-order valence-electron chi connectivity index (χ0n) is 44.1. The van der Waals surface area contributed by atoms with Crippen LogP contribution in [-0.2, 0) is 46.4 Å². The SMILES string of the molecule is CCn1c2c3c4cc(ccc41)-c1cccc(c1)CC(NC(=O)[C@H](C(C)C)N(C)C(=O)C1(F)CCN(C(=O)C#CC(C)(C)N(C)C)CC1)C(=O)N1CCC[C@@H](C(=O)OCC(C)(C)C3[C@H](OC)c3ncccc3-2)N1S. The number of rotatable bonds is 8. The minimum atomic E-state index is -2.35. The van der Waals surface area contributed by atoms with Gasteiger partial charge in [-0.3, -0.25) is 38.9 Å². The summed E-state index contributed by atoms with van der Waals surface area (Å²) in [4.78, 5) is 80.7. The van der Waals surface area contributed by atoms with E-state index >= 15 is 9.18 Å². The van der Waals surface area contributed by atoms with Crippen molar-refractivity contribution in [3.63, 3.8) is 0 Å². The molecule has 6 bridgehead atoms. The third kappa shape index (κ3) is 10.1. The molecule has 17 heteroatoms. The van der Waals surface area contributed by atoms with Crippen molar-refractivity contribution in [1.82, 2.24) is 39.0 Å². The van der Waals surface area contributed by atoms with E-state index in [2.05, 4.69) is 66.8 Å². The van der Waals surface area contributed by atoms with Gasteiger partial charge in [0.2, 0.25) is 5.91 Å². The molecule has 0 saturated carbocycles. The van der Waals surface area contributed by atoms with Crippen LogP contribution in [0, 0.1) is 23.2 Å². The molecule has 2 saturated heterocycles. The number of hydrogen-bond donors (Lipinski definition) is 2. The highest BCUT2D eigenvalue weighted by Crippen LogP contribution is 2.57. The summed E-state index contributed by atoms with van der Waals surface area (Å²) in [5.74, 6) is 1.83. The lowest BCUT2D eigenvalue weighted by Crippen LogP contribution is -2.62. The number of cyclic esters (lactones) is 1. The van der Waals surface area contributed by atoms with Crippen LogP contribution in [0.5, 0.6) is 0 Å².